The van der Waals surface area contributed by atoms with Crippen molar-refractivity contribution in [3.05, 3.63) is 29.8 Å². The monoisotopic (exact) mass is 441 g/mol. The lowest BCUT2D eigenvalue weighted by Gasteiger charge is -2.35. The van der Waals surface area contributed by atoms with Gasteiger partial charge in [-0.25, -0.2) is 0 Å². The fourth-order valence-corrected chi connectivity index (χ4v) is 4.21. The van der Waals surface area contributed by atoms with Crippen molar-refractivity contribution >= 4 is 17.5 Å². The number of amides is 2. The fraction of sp³-hybridized carbons (Fsp3) is 0.636. The Balaban J connectivity index is 1.43. The fourth-order valence-electron chi connectivity index (χ4n) is 4.21. The summed E-state index contributed by atoms with van der Waals surface area (Å²) in [5.41, 5.74) is 1.99. The van der Waals surface area contributed by atoms with Gasteiger partial charge in [0.25, 0.3) is 0 Å². The molecule has 1 aromatic carbocycles. The van der Waals surface area contributed by atoms with Gasteiger partial charge in [0.1, 0.15) is 6.61 Å². The second-order valence-electron chi connectivity index (χ2n) is 8.08. The summed E-state index contributed by atoms with van der Waals surface area (Å²) in [7, 11) is 0. The van der Waals surface area contributed by atoms with Gasteiger partial charge in [-0.1, -0.05) is 25.1 Å². The Labute approximate surface area is 180 Å². The van der Waals surface area contributed by atoms with Gasteiger partial charge in [-0.05, 0) is 24.5 Å². The van der Waals surface area contributed by atoms with Crippen LogP contribution in [0, 0.1) is 5.92 Å². The number of ether oxygens (including phenoxy) is 1. The number of hydrogen-bond acceptors (Lipinski definition) is 4. The predicted molar refractivity (Wildman–Crippen MR) is 111 cm³/mol. The Bertz CT molecular complexity index is 764. The molecule has 2 aliphatic heterocycles. The van der Waals surface area contributed by atoms with Crippen LogP contribution in [0.5, 0.6) is 0 Å². The Kier molecular flexibility index (Phi) is 7.94. The van der Waals surface area contributed by atoms with E-state index in [1.165, 1.54) is 0 Å². The van der Waals surface area contributed by atoms with Crippen LogP contribution in [0.1, 0.15) is 25.3 Å². The van der Waals surface area contributed by atoms with Crippen molar-refractivity contribution < 1.29 is 27.5 Å². The number of nitrogens with zero attached hydrogens (tertiary/aromatic N) is 3. The first-order valence-electron chi connectivity index (χ1n) is 10.8. The van der Waals surface area contributed by atoms with Crippen LogP contribution in [-0.2, 0) is 20.7 Å². The van der Waals surface area contributed by atoms with Crippen LogP contribution in [0.3, 0.4) is 0 Å². The minimum Gasteiger partial charge on any atom is -0.372 e. The number of rotatable bonds is 8. The van der Waals surface area contributed by atoms with E-state index in [4.69, 9.17) is 0 Å². The number of benzene rings is 1. The van der Waals surface area contributed by atoms with Crippen molar-refractivity contribution in [2.45, 2.75) is 32.4 Å². The molecule has 2 saturated heterocycles. The van der Waals surface area contributed by atoms with Crippen molar-refractivity contribution in [3.8, 4) is 0 Å². The summed E-state index contributed by atoms with van der Waals surface area (Å²) in [6.45, 7) is 4.44. The molecule has 1 aromatic rings. The first-order valence-corrected chi connectivity index (χ1v) is 10.8. The number of aryl methyl sites for hydroxylation is 1. The van der Waals surface area contributed by atoms with Gasteiger partial charge in [0.15, 0.2) is 0 Å². The number of carbonyl (C=O) groups excluding carboxylic acids is 2. The third-order valence-corrected chi connectivity index (χ3v) is 5.85. The molecule has 0 aromatic heterocycles. The second-order valence-corrected chi connectivity index (χ2v) is 8.08. The molecule has 9 heteroatoms. The zero-order chi connectivity index (χ0) is 22.4. The Morgan fingerprint density at radius 2 is 1.87 bits per heavy atom. The number of para-hydroxylation sites is 1. The first kappa shape index (κ1) is 23.5. The highest BCUT2D eigenvalue weighted by atomic mass is 19.4. The van der Waals surface area contributed by atoms with Crippen LogP contribution in [0.2, 0.25) is 0 Å². The topological polar surface area (TPSA) is 53.1 Å². The normalized spacial score (nSPS) is 20.5. The predicted octanol–water partition coefficient (Wildman–Crippen LogP) is 2.72. The molecule has 2 aliphatic rings. The SMILES string of the molecule is CCc1ccccc1N1CC(C(=O)N2CCN(CCCOCC(F)(F)F)CC2)CC1=O. The van der Waals surface area contributed by atoms with E-state index in [1.807, 2.05) is 36.1 Å². The molecule has 31 heavy (non-hydrogen) atoms. The van der Waals surface area contributed by atoms with E-state index in [9.17, 15) is 22.8 Å². The van der Waals surface area contributed by atoms with Crippen molar-refractivity contribution in [1.82, 2.24) is 9.80 Å². The lowest BCUT2D eigenvalue weighted by Crippen LogP contribution is -2.50. The van der Waals surface area contributed by atoms with E-state index < -0.39 is 12.8 Å². The lowest BCUT2D eigenvalue weighted by molar-refractivity contribution is -0.174. The molecule has 0 saturated carbocycles. The molecular weight excluding hydrogens is 411 g/mol. The number of piperazine rings is 1. The molecule has 2 fully saturated rings. The molecule has 3 rings (SSSR count). The van der Waals surface area contributed by atoms with Crippen LogP contribution in [0.25, 0.3) is 0 Å². The molecule has 2 amide bonds. The third-order valence-electron chi connectivity index (χ3n) is 5.85. The molecule has 1 unspecified atom stereocenters. The van der Waals surface area contributed by atoms with E-state index in [0.717, 1.165) is 17.7 Å². The van der Waals surface area contributed by atoms with E-state index >= 15 is 0 Å². The maximum absolute atomic E-state index is 13.0. The van der Waals surface area contributed by atoms with Crippen LogP contribution >= 0.6 is 0 Å². The van der Waals surface area contributed by atoms with Gasteiger partial charge >= 0.3 is 6.18 Å². The Morgan fingerprint density at radius 3 is 2.55 bits per heavy atom. The van der Waals surface area contributed by atoms with Crippen LogP contribution < -0.4 is 4.90 Å². The molecule has 1 atom stereocenters. The second kappa shape index (κ2) is 10.5. The largest absolute Gasteiger partial charge is 0.411 e. The van der Waals surface area contributed by atoms with Gasteiger partial charge in [-0.15, -0.1) is 0 Å². The van der Waals surface area contributed by atoms with Crippen LogP contribution in [0.4, 0.5) is 18.9 Å². The highest BCUT2D eigenvalue weighted by Gasteiger charge is 2.38. The van der Waals surface area contributed by atoms with Gasteiger partial charge in [-0.3, -0.25) is 14.5 Å². The average Bonchev–Trinajstić information content (AvgIpc) is 3.14. The molecule has 0 N–H and O–H groups in total. The van der Waals surface area contributed by atoms with Gasteiger partial charge in [0.05, 0.1) is 5.92 Å². The highest BCUT2D eigenvalue weighted by Crippen LogP contribution is 2.29. The van der Waals surface area contributed by atoms with E-state index in [0.29, 0.717) is 45.7 Å². The smallest absolute Gasteiger partial charge is 0.372 e. The Hall–Kier alpha value is -2.13. The van der Waals surface area contributed by atoms with E-state index in [2.05, 4.69) is 9.64 Å². The van der Waals surface area contributed by atoms with Gasteiger partial charge in [-0.2, -0.15) is 13.2 Å². The number of anilines is 1. The Morgan fingerprint density at radius 1 is 1.16 bits per heavy atom. The number of hydrogen-bond donors (Lipinski definition) is 0. The quantitative estimate of drug-likeness (QED) is 0.583. The summed E-state index contributed by atoms with van der Waals surface area (Å²) in [6, 6.07) is 7.80. The molecule has 0 bridgehead atoms. The number of carbonyl (C=O) groups is 2. The number of halogens is 3. The zero-order valence-electron chi connectivity index (χ0n) is 17.9. The summed E-state index contributed by atoms with van der Waals surface area (Å²) in [6.07, 6.45) is -2.72. The van der Waals surface area contributed by atoms with Gasteiger partial charge in [0, 0.05) is 58.0 Å². The van der Waals surface area contributed by atoms with Crippen molar-refractivity contribution in [2.75, 3.05) is 57.4 Å². The van der Waals surface area contributed by atoms with Crippen LogP contribution in [0.15, 0.2) is 24.3 Å². The molecular formula is C22H30F3N3O3. The maximum atomic E-state index is 13.0. The molecule has 2 heterocycles. The van der Waals surface area contributed by atoms with E-state index in [1.54, 1.807) is 4.90 Å². The number of alkyl halides is 3. The summed E-state index contributed by atoms with van der Waals surface area (Å²) < 4.78 is 40.8. The first-order chi connectivity index (χ1) is 14.8. The van der Waals surface area contributed by atoms with Crippen molar-refractivity contribution in [1.29, 1.82) is 0 Å². The summed E-state index contributed by atoms with van der Waals surface area (Å²) in [5, 5.41) is 0. The average molecular weight is 441 g/mol. The molecule has 172 valence electrons. The molecule has 0 aliphatic carbocycles. The summed E-state index contributed by atoms with van der Waals surface area (Å²) in [5.74, 6) is -0.338. The molecule has 0 spiro atoms. The maximum Gasteiger partial charge on any atom is 0.411 e. The van der Waals surface area contributed by atoms with Gasteiger partial charge < -0.3 is 14.5 Å². The minimum absolute atomic E-state index is 0.0120. The summed E-state index contributed by atoms with van der Waals surface area (Å²) in [4.78, 5) is 31.2. The van der Waals surface area contributed by atoms with Crippen molar-refractivity contribution in [2.24, 2.45) is 5.92 Å². The highest BCUT2D eigenvalue weighted by molar-refractivity contribution is 6.00. The van der Waals surface area contributed by atoms with E-state index in [-0.39, 0.29) is 30.8 Å². The summed E-state index contributed by atoms with van der Waals surface area (Å²) >= 11 is 0. The zero-order valence-corrected chi connectivity index (χ0v) is 17.9. The molecule has 6 nitrogen and oxygen atoms in total. The lowest BCUT2D eigenvalue weighted by atomic mass is 10.1. The van der Waals surface area contributed by atoms with Crippen LogP contribution in [-0.4, -0.2) is 80.3 Å². The van der Waals surface area contributed by atoms with Gasteiger partial charge in [0.2, 0.25) is 11.8 Å². The minimum atomic E-state index is -4.29. The third kappa shape index (κ3) is 6.43. The molecule has 0 radical (unpaired) electrons. The van der Waals surface area contributed by atoms with Crippen molar-refractivity contribution in [3.63, 3.8) is 0 Å². The standard InChI is InChI=1S/C22H30F3N3O3/c1-2-17-6-3-4-7-19(17)28-15-18(14-20(28)29)21(30)27-11-9-26(10-12-27)8-5-13-31-16-22(23,24)25/h3-4,6-7,18H,2,5,8-16H2,1H3.